The number of hydrogen-bond donors (Lipinski definition) is 1. The molecular weight excluding hydrogens is 312 g/mol. The van der Waals surface area contributed by atoms with Crippen LogP contribution in [0.2, 0.25) is 0 Å². The zero-order chi connectivity index (χ0) is 16.4. The van der Waals surface area contributed by atoms with E-state index < -0.39 is 0 Å². The fraction of sp³-hybridized carbons (Fsp3) is 0.625. The van der Waals surface area contributed by atoms with E-state index in [1.54, 1.807) is 12.3 Å². The molecule has 2 aromatic rings. The van der Waals surface area contributed by atoms with E-state index in [2.05, 4.69) is 19.9 Å². The van der Waals surface area contributed by atoms with Crippen molar-refractivity contribution < 1.29 is 18.8 Å². The van der Waals surface area contributed by atoms with Crippen LogP contribution in [0.25, 0.3) is 11.6 Å². The standard InChI is InChI=1S/C16H22N4O4/c21-13-11-22-10-12(13)20-5-2-4-19(6-7-20)9-15-17-16(18-24-15)14-3-1-8-23-14/h1,3,8,12-13,21H,2,4-7,9-11H2/t12-,13-/m1/s1. The number of hydrogen-bond acceptors (Lipinski definition) is 8. The maximum atomic E-state index is 10.0. The molecule has 0 aliphatic carbocycles. The summed E-state index contributed by atoms with van der Waals surface area (Å²) in [4.78, 5) is 9.04. The predicted molar refractivity (Wildman–Crippen MR) is 84.1 cm³/mol. The van der Waals surface area contributed by atoms with Crippen LogP contribution in [0.15, 0.2) is 27.3 Å². The highest BCUT2D eigenvalue weighted by Gasteiger charge is 2.32. The van der Waals surface area contributed by atoms with Crippen LogP contribution in [0, 0.1) is 0 Å². The minimum atomic E-state index is -0.372. The van der Waals surface area contributed by atoms with Crippen molar-refractivity contribution in [2.24, 2.45) is 0 Å². The molecule has 130 valence electrons. The SMILES string of the molecule is O[C@@H]1COC[C@H]1N1CCCN(Cc2nc(-c3ccco3)no2)CC1. The molecule has 0 bridgehead atoms. The molecule has 1 N–H and O–H groups in total. The summed E-state index contributed by atoms with van der Waals surface area (Å²) in [5, 5.41) is 14.0. The van der Waals surface area contributed by atoms with Crippen LogP contribution in [0.5, 0.6) is 0 Å². The highest BCUT2D eigenvalue weighted by Crippen LogP contribution is 2.18. The number of aliphatic hydroxyl groups excluding tert-OH is 1. The monoisotopic (exact) mass is 334 g/mol. The predicted octanol–water partition coefficient (Wildman–Crippen LogP) is 0.597. The lowest BCUT2D eigenvalue weighted by atomic mass is 10.2. The molecule has 2 aliphatic rings. The molecule has 0 aromatic carbocycles. The molecule has 8 heteroatoms. The highest BCUT2D eigenvalue weighted by atomic mass is 16.5. The molecule has 0 spiro atoms. The third-order valence-electron chi connectivity index (χ3n) is 4.68. The molecule has 0 unspecified atom stereocenters. The number of ether oxygens (including phenoxy) is 1. The van der Waals surface area contributed by atoms with Crippen LogP contribution >= 0.6 is 0 Å². The van der Waals surface area contributed by atoms with Crippen molar-refractivity contribution in [2.45, 2.75) is 25.1 Å². The molecule has 0 amide bonds. The van der Waals surface area contributed by atoms with Gasteiger partial charge >= 0.3 is 0 Å². The molecule has 0 saturated carbocycles. The first-order valence-corrected chi connectivity index (χ1v) is 8.38. The zero-order valence-electron chi connectivity index (χ0n) is 13.5. The number of furan rings is 1. The van der Waals surface area contributed by atoms with Gasteiger partial charge in [-0.2, -0.15) is 4.98 Å². The fourth-order valence-electron chi connectivity index (χ4n) is 3.38. The summed E-state index contributed by atoms with van der Waals surface area (Å²) in [6.07, 6.45) is 2.27. The number of nitrogens with zero attached hydrogens (tertiary/aromatic N) is 4. The van der Waals surface area contributed by atoms with Crippen molar-refractivity contribution in [1.29, 1.82) is 0 Å². The molecule has 0 radical (unpaired) electrons. The lowest BCUT2D eigenvalue weighted by Crippen LogP contribution is -2.44. The molecule has 8 nitrogen and oxygen atoms in total. The number of aliphatic hydroxyl groups is 1. The summed E-state index contributed by atoms with van der Waals surface area (Å²) in [5.41, 5.74) is 0. The molecule has 2 atom stereocenters. The lowest BCUT2D eigenvalue weighted by Gasteiger charge is -2.28. The van der Waals surface area contributed by atoms with Crippen LogP contribution in [-0.2, 0) is 11.3 Å². The van der Waals surface area contributed by atoms with Crippen molar-refractivity contribution >= 4 is 0 Å². The van der Waals surface area contributed by atoms with Gasteiger partial charge in [0.1, 0.15) is 0 Å². The van der Waals surface area contributed by atoms with Crippen LogP contribution in [-0.4, -0.2) is 76.6 Å². The second kappa shape index (κ2) is 7.02. The molecule has 2 saturated heterocycles. The molecule has 4 heterocycles. The molecule has 2 aromatic heterocycles. The van der Waals surface area contributed by atoms with Gasteiger partial charge in [0.25, 0.3) is 0 Å². The van der Waals surface area contributed by atoms with Gasteiger partial charge < -0.3 is 18.8 Å². The van der Waals surface area contributed by atoms with Gasteiger partial charge in [-0.25, -0.2) is 0 Å². The summed E-state index contributed by atoms with van der Waals surface area (Å²) in [5.74, 6) is 1.69. The average molecular weight is 334 g/mol. The Balaban J connectivity index is 1.34. The van der Waals surface area contributed by atoms with Gasteiger partial charge in [0.2, 0.25) is 11.7 Å². The first-order chi connectivity index (χ1) is 11.8. The van der Waals surface area contributed by atoms with Crippen molar-refractivity contribution in [3.63, 3.8) is 0 Å². The Labute approximate surface area is 140 Å². The van der Waals surface area contributed by atoms with Gasteiger partial charge in [0, 0.05) is 13.1 Å². The Bertz CT molecular complexity index is 644. The van der Waals surface area contributed by atoms with Gasteiger partial charge in [0.05, 0.1) is 38.2 Å². The smallest absolute Gasteiger partial charge is 0.241 e. The summed E-state index contributed by atoms with van der Waals surface area (Å²) in [6.45, 7) is 5.46. The first-order valence-electron chi connectivity index (χ1n) is 8.38. The highest BCUT2D eigenvalue weighted by molar-refractivity contribution is 5.44. The van der Waals surface area contributed by atoms with Crippen molar-refractivity contribution in [1.82, 2.24) is 19.9 Å². The molecule has 4 rings (SSSR count). The maximum absolute atomic E-state index is 10.0. The molecule has 2 aliphatic heterocycles. The van der Waals surface area contributed by atoms with E-state index in [1.165, 1.54) is 0 Å². The van der Waals surface area contributed by atoms with E-state index in [-0.39, 0.29) is 12.1 Å². The maximum Gasteiger partial charge on any atom is 0.241 e. The summed E-state index contributed by atoms with van der Waals surface area (Å²) >= 11 is 0. The zero-order valence-corrected chi connectivity index (χ0v) is 13.5. The summed E-state index contributed by atoms with van der Waals surface area (Å²) in [7, 11) is 0. The molecule has 24 heavy (non-hydrogen) atoms. The van der Waals surface area contributed by atoms with Gasteiger partial charge in [-0.05, 0) is 31.6 Å². The minimum absolute atomic E-state index is 0.124. The van der Waals surface area contributed by atoms with Crippen molar-refractivity contribution in [3.8, 4) is 11.6 Å². The Kier molecular flexibility index (Phi) is 4.61. The van der Waals surface area contributed by atoms with Crippen LogP contribution in [0.1, 0.15) is 12.3 Å². The van der Waals surface area contributed by atoms with Crippen molar-refractivity contribution in [3.05, 3.63) is 24.3 Å². The molecule has 2 fully saturated rings. The largest absolute Gasteiger partial charge is 0.461 e. The van der Waals surface area contributed by atoms with Gasteiger partial charge in [-0.1, -0.05) is 5.16 Å². The van der Waals surface area contributed by atoms with E-state index in [0.29, 0.717) is 37.2 Å². The van der Waals surface area contributed by atoms with E-state index in [4.69, 9.17) is 13.7 Å². The van der Waals surface area contributed by atoms with Crippen molar-refractivity contribution in [2.75, 3.05) is 39.4 Å². The summed E-state index contributed by atoms with van der Waals surface area (Å²) < 4.78 is 16.0. The first kappa shape index (κ1) is 15.8. The Morgan fingerprint density at radius 2 is 2.17 bits per heavy atom. The Morgan fingerprint density at radius 3 is 2.96 bits per heavy atom. The lowest BCUT2D eigenvalue weighted by molar-refractivity contribution is 0.0834. The van der Waals surface area contributed by atoms with E-state index in [1.807, 2.05) is 6.07 Å². The molecular formula is C16H22N4O4. The summed E-state index contributed by atoms with van der Waals surface area (Å²) in [6, 6.07) is 3.74. The minimum Gasteiger partial charge on any atom is -0.461 e. The average Bonchev–Trinajstić information content (AvgIpc) is 3.29. The van der Waals surface area contributed by atoms with Gasteiger partial charge in [0.15, 0.2) is 5.76 Å². The number of rotatable bonds is 4. The van der Waals surface area contributed by atoms with E-state index in [9.17, 15) is 5.11 Å². The second-order valence-electron chi connectivity index (χ2n) is 6.33. The number of aromatic nitrogens is 2. The van der Waals surface area contributed by atoms with Gasteiger partial charge in [-0.15, -0.1) is 0 Å². The second-order valence-corrected chi connectivity index (χ2v) is 6.33. The van der Waals surface area contributed by atoms with Gasteiger partial charge in [-0.3, -0.25) is 9.80 Å². The third kappa shape index (κ3) is 3.36. The van der Waals surface area contributed by atoms with E-state index in [0.717, 1.165) is 32.6 Å². The fourth-order valence-corrected chi connectivity index (χ4v) is 3.38. The third-order valence-corrected chi connectivity index (χ3v) is 4.68. The van der Waals surface area contributed by atoms with Crippen LogP contribution in [0.4, 0.5) is 0 Å². The van der Waals surface area contributed by atoms with E-state index >= 15 is 0 Å². The van der Waals surface area contributed by atoms with Crippen LogP contribution < -0.4 is 0 Å². The Hall–Kier alpha value is -1.74. The normalized spacial score (nSPS) is 26.7. The quantitative estimate of drug-likeness (QED) is 0.869. The topological polar surface area (TPSA) is 88.0 Å². The Morgan fingerprint density at radius 1 is 1.21 bits per heavy atom. The van der Waals surface area contributed by atoms with Crippen LogP contribution in [0.3, 0.4) is 0 Å².